The van der Waals surface area contributed by atoms with Crippen LogP contribution in [0.15, 0.2) is 21.6 Å². The molecule has 1 atom stereocenters. The third-order valence-corrected chi connectivity index (χ3v) is 6.95. The maximum Gasteiger partial charge on any atom is 0.276 e. The molecular formula is C15H21NO4S. The van der Waals surface area contributed by atoms with Crippen LogP contribution in [0.25, 0.3) is 0 Å². The van der Waals surface area contributed by atoms with Gasteiger partial charge in [0.05, 0.1) is 0 Å². The van der Waals surface area contributed by atoms with Crippen molar-refractivity contribution >= 4 is 10.0 Å². The highest BCUT2D eigenvalue weighted by atomic mass is 32.2. The van der Waals surface area contributed by atoms with Gasteiger partial charge in [-0.05, 0) is 50.7 Å². The molecule has 0 radical (unpaired) electrons. The lowest BCUT2D eigenvalue weighted by Gasteiger charge is -2.58. The quantitative estimate of drug-likeness (QED) is 0.858. The van der Waals surface area contributed by atoms with Crippen LogP contribution in [0.2, 0.25) is 0 Å². The van der Waals surface area contributed by atoms with Crippen molar-refractivity contribution in [1.29, 1.82) is 0 Å². The van der Waals surface area contributed by atoms with Gasteiger partial charge in [-0.15, -0.1) is 0 Å². The Morgan fingerprint density at radius 1 is 1.24 bits per heavy atom. The molecule has 2 saturated heterocycles. The Kier molecular flexibility index (Phi) is 3.00. The van der Waals surface area contributed by atoms with Crippen molar-refractivity contribution in [3.8, 4) is 0 Å². The number of sulfonamides is 1. The molecule has 1 spiro atoms. The Labute approximate surface area is 125 Å². The molecule has 1 saturated carbocycles. The van der Waals surface area contributed by atoms with Crippen LogP contribution >= 0.6 is 0 Å². The Bertz CT molecular complexity index is 640. The molecular weight excluding hydrogens is 290 g/mol. The first-order valence-electron chi connectivity index (χ1n) is 7.69. The summed E-state index contributed by atoms with van der Waals surface area (Å²) in [7, 11) is -3.49. The van der Waals surface area contributed by atoms with Crippen molar-refractivity contribution in [1.82, 2.24) is 4.31 Å². The molecule has 4 rings (SSSR count). The largest absolute Gasteiger partial charge is 0.449 e. The lowest BCUT2D eigenvalue weighted by Crippen LogP contribution is -2.68. The van der Waals surface area contributed by atoms with Crippen molar-refractivity contribution in [2.75, 3.05) is 19.8 Å². The lowest BCUT2D eigenvalue weighted by molar-refractivity contribution is -0.101. The van der Waals surface area contributed by atoms with Crippen molar-refractivity contribution in [3.63, 3.8) is 0 Å². The van der Waals surface area contributed by atoms with Crippen LogP contribution in [0, 0.1) is 18.3 Å². The molecule has 1 aliphatic carbocycles. The molecule has 3 aliphatic rings. The second-order valence-electron chi connectivity index (χ2n) is 6.67. The van der Waals surface area contributed by atoms with Gasteiger partial charge in [0.25, 0.3) is 10.0 Å². The highest BCUT2D eigenvalue weighted by Crippen LogP contribution is 2.56. The zero-order valence-electron chi connectivity index (χ0n) is 12.2. The van der Waals surface area contributed by atoms with Crippen LogP contribution in [0.5, 0.6) is 0 Å². The maximum absolute atomic E-state index is 12.8. The fourth-order valence-electron chi connectivity index (χ4n) is 3.97. The zero-order chi connectivity index (χ0) is 14.7. The molecule has 1 unspecified atom stereocenters. The van der Waals surface area contributed by atoms with E-state index in [0.29, 0.717) is 18.2 Å². The predicted octanol–water partition coefficient (Wildman–Crippen LogP) is 2.17. The molecule has 3 fully saturated rings. The Morgan fingerprint density at radius 2 is 1.95 bits per heavy atom. The second kappa shape index (κ2) is 4.57. The zero-order valence-corrected chi connectivity index (χ0v) is 13.1. The van der Waals surface area contributed by atoms with E-state index in [0.717, 1.165) is 38.9 Å². The van der Waals surface area contributed by atoms with Gasteiger partial charge < -0.3 is 9.15 Å². The maximum atomic E-state index is 12.8. The predicted molar refractivity (Wildman–Crippen MR) is 76.3 cm³/mol. The van der Waals surface area contributed by atoms with Crippen molar-refractivity contribution in [2.24, 2.45) is 11.3 Å². The summed E-state index contributed by atoms with van der Waals surface area (Å²) in [6.45, 7) is 3.92. The van der Waals surface area contributed by atoms with Gasteiger partial charge >= 0.3 is 0 Å². The Hall–Kier alpha value is -0.850. The third-order valence-electron chi connectivity index (χ3n) is 5.24. The van der Waals surface area contributed by atoms with Crippen molar-refractivity contribution in [3.05, 3.63) is 17.9 Å². The van der Waals surface area contributed by atoms with E-state index in [9.17, 15) is 8.42 Å². The molecule has 21 heavy (non-hydrogen) atoms. The molecule has 0 bridgehead atoms. The van der Waals surface area contributed by atoms with E-state index in [1.54, 1.807) is 23.4 Å². The summed E-state index contributed by atoms with van der Waals surface area (Å²) < 4.78 is 38.1. The lowest BCUT2D eigenvalue weighted by atomic mass is 9.66. The van der Waals surface area contributed by atoms with Crippen molar-refractivity contribution in [2.45, 2.75) is 43.7 Å². The fraction of sp³-hybridized carbons (Fsp3) is 0.733. The standard InChI is InChI=1S/C15H21NO4S/c1-11-2-5-13(20-11)21(17,18)16-10-15(6-8-19-9-7-15)14(16)12-3-4-12/h2,5,12,14H,3-4,6-10H2,1H3. The average molecular weight is 311 g/mol. The van der Waals surface area contributed by atoms with Crippen LogP contribution in [0.3, 0.4) is 0 Å². The molecule has 5 nitrogen and oxygen atoms in total. The van der Waals surface area contributed by atoms with E-state index in [1.165, 1.54) is 0 Å². The van der Waals surface area contributed by atoms with Gasteiger partial charge in [0.15, 0.2) is 0 Å². The fourth-order valence-corrected chi connectivity index (χ4v) is 5.80. The van der Waals surface area contributed by atoms with Crippen LogP contribution in [0.1, 0.15) is 31.4 Å². The minimum Gasteiger partial charge on any atom is -0.449 e. The van der Waals surface area contributed by atoms with Gasteiger partial charge in [0, 0.05) is 31.2 Å². The third kappa shape index (κ3) is 2.07. The van der Waals surface area contributed by atoms with Crippen molar-refractivity contribution < 1.29 is 17.6 Å². The molecule has 0 amide bonds. The van der Waals surface area contributed by atoms with Crippen LogP contribution < -0.4 is 0 Å². The second-order valence-corrected chi connectivity index (χ2v) is 8.49. The Balaban J connectivity index is 1.64. The first kappa shape index (κ1) is 13.8. The topological polar surface area (TPSA) is 59.8 Å². The molecule has 116 valence electrons. The smallest absolute Gasteiger partial charge is 0.276 e. The molecule has 1 aromatic rings. The SMILES string of the molecule is Cc1ccc(S(=O)(=O)N2CC3(CCOCC3)C2C2CC2)o1. The van der Waals surface area contributed by atoms with Gasteiger partial charge in [-0.3, -0.25) is 0 Å². The van der Waals surface area contributed by atoms with E-state index >= 15 is 0 Å². The summed E-state index contributed by atoms with van der Waals surface area (Å²) in [5.74, 6) is 1.17. The van der Waals surface area contributed by atoms with E-state index < -0.39 is 10.0 Å². The van der Waals surface area contributed by atoms with Crippen LogP contribution in [-0.4, -0.2) is 38.5 Å². The van der Waals surface area contributed by atoms with E-state index in [2.05, 4.69) is 0 Å². The number of nitrogens with zero attached hydrogens (tertiary/aromatic N) is 1. The van der Waals surface area contributed by atoms with E-state index in [4.69, 9.17) is 9.15 Å². The van der Waals surface area contributed by atoms with Gasteiger partial charge in [-0.25, -0.2) is 8.42 Å². The first-order valence-corrected chi connectivity index (χ1v) is 9.13. The molecule has 3 heterocycles. The summed E-state index contributed by atoms with van der Waals surface area (Å²) in [6, 6.07) is 3.43. The summed E-state index contributed by atoms with van der Waals surface area (Å²) in [6.07, 6.45) is 4.27. The van der Waals surface area contributed by atoms with Gasteiger partial charge in [-0.2, -0.15) is 4.31 Å². The first-order chi connectivity index (χ1) is 10.0. The van der Waals surface area contributed by atoms with Crippen LogP contribution in [0.4, 0.5) is 0 Å². The van der Waals surface area contributed by atoms with Gasteiger partial charge in [0.1, 0.15) is 5.76 Å². The minimum absolute atomic E-state index is 0.0903. The number of aryl methyl sites for hydroxylation is 1. The number of hydrogen-bond donors (Lipinski definition) is 0. The summed E-state index contributed by atoms with van der Waals surface area (Å²) >= 11 is 0. The molecule has 0 aromatic carbocycles. The summed E-state index contributed by atoms with van der Waals surface area (Å²) in [5.41, 5.74) is 0.147. The molecule has 1 aromatic heterocycles. The summed E-state index contributed by atoms with van der Waals surface area (Å²) in [4.78, 5) is 0. The number of ether oxygens (including phenoxy) is 1. The summed E-state index contributed by atoms with van der Waals surface area (Å²) in [5, 5.41) is 0.0903. The minimum atomic E-state index is -3.49. The van der Waals surface area contributed by atoms with E-state index in [1.807, 2.05) is 0 Å². The van der Waals surface area contributed by atoms with E-state index in [-0.39, 0.29) is 16.5 Å². The number of hydrogen-bond acceptors (Lipinski definition) is 4. The van der Waals surface area contributed by atoms with Crippen LogP contribution in [-0.2, 0) is 14.8 Å². The normalized spacial score (nSPS) is 29.5. The number of furan rings is 1. The molecule has 0 N–H and O–H groups in total. The Morgan fingerprint density at radius 3 is 2.52 bits per heavy atom. The molecule has 6 heteroatoms. The molecule has 2 aliphatic heterocycles. The van der Waals surface area contributed by atoms with Gasteiger partial charge in [-0.1, -0.05) is 0 Å². The highest BCUT2D eigenvalue weighted by molar-refractivity contribution is 7.89. The monoisotopic (exact) mass is 311 g/mol. The average Bonchev–Trinajstić information content (AvgIpc) is 3.16. The highest BCUT2D eigenvalue weighted by Gasteiger charge is 2.62. The number of rotatable bonds is 3. The van der Waals surface area contributed by atoms with Gasteiger partial charge in [0.2, 0.25) is 5.09 Å².